The van der Waals surface area contributed by atoms with Gasteiger partial charge in [-0.1, -0.05) is 0 Å². The predicted molar refractivity (Wildman–Crippen MR) is 76.9 cm³/mol. The topological polar surface area (TPSA) is 71.3 Å². The van der Waals surface area contributed by atoms with Crippen molar-refractivity contribution in [2.24, 2.45) is 0 Å². The van der Waals surface area contributed by atoms with E-state index in [2.05, 4.69) is 16.2 Å². The van der Waals surface area contributed by atoms with Crippen molar-refractivity contribution in [2.45, 2.75) is 18.9 Å². The summed E-state index contributed by atoms with van der Waals surface area (Å²) < 4.78 is 11.5. The molecule has 0 N–H and O–H groups in total. The zero-order chi connectivity index (χ0) is 14.7. The number of benzene rings is 1. The summed E-state index contributed by atoms with van der Waals surface area (Å²) in [5.74, 6) is 1.37. The molecule has 2 aromatic rings. The van der Waals surface area contributed by atoms with Crippen molar-refractivity contribution in [3.05, 3.63) is 24.7 Å². The number of nitrogens with zero attached hydrogens (tertiary/aromatic N) is 4. The highest BCUT2D eigenvalue weighted by Crippen LogP contribution is 2.33. The number of likely N-dealkylation sites (tertiary alicyclic amines) is 1. The van der Waals surface area contributed by atoms with Gasteiger partial charge in [0.2, 0.25) is 0 Å². The van der Waals surface area contributed by atoms with E-state index in [1.165, 1.54) is 6.33 Å². The molecule has 0 saturated carbocycles. The van der Waals surface area contributed by atoms with E-state index in [1.807, 2.05) is 12.1 Å². The van der Waals surface area contributed by atoms with E-state index in [-0.39, 0.29) is 6.10 Å². The maximum absolute atomic E-state index is 8.87. The first-order valence-electron chi connectivity index (χ1n) is 6.89. The largest absolute Gasteiger partial charge is 0.493 e. The molecule has 108 valence electrons. The summed E-state index contributed by atoms with van der Waals surface area (Å²) in [7, 11) is 1.62. The minimum absolute atomic E-state index is 0.102. The van der Waals surface area contributed by atoms with Crippen molar-refractivity contribution in [3.63, 3.8) is 0 Å². The molecule has 0 aliphatic carbocycles. The first-order valence-corrected chi connectivity index (χ1v) is 6.89. The van der Waals surface area contributed by atoms with Crippen molar-refractivity contribution in [3.8, 4) is 17.7 Å². The molecular formula is C15H16N4O2. The lowest BCUT2D eigenvalue weighted by molar-refractivity contribution is 0.123. The van der Waals surface area contributed by atoms with E-state index < -0.39 is 0 Å². The van der Waals surface area contributed by atoms with Crippen LogP contribution in [0.15, 0.2) is 24.7 Å². The van der Waals surface area contributed by atoms with E-state index in [0.717, 1.165) is 36.8 Å². The summed E-state index contributed by atoms with van der Waals surface area (Å²) in [5, 5.41) is 9.79. The highest BCUT2D eigenvalue weighted by molar-refractivity contribution is 5.81. The minimum Gasteiger partial charge on any atom is -0.493 e. The Kier molecular flexibility index (Phi) is 3.73. The number of piperidine rings is 1. The van der Waals surface area contributed by atoms with Gasteiger partial charge in [0.1, 0.15) is 12.4 Å². The number of aromatic nitrogens is 2. The third-order valence-corrected chi connectivity index (χ3v) is 3.67. The molecule has 1 aliphatic heterocycles. The molecule has 6 heteroatoms. The predicted octanol–water partition coefficient (Wildman–Crippen LogP) is 1.96. The number of rotatable bonds is 3. The number of nitriles is 1. The molecule has 3 rings (SSSR count). The summed E-state index contributed by atoms with van der Waals surface area (Å²) in [6.07, 6.45) is 7.21. The van der Waals surface area contributed by atoms with E-state index in [0.29, 0.717) is 11.5 Å². The average molecular weight is 284 g/mol. The Labute approximate surface area is 122 Å². The Morgan fingerprint density at radius 1 is 1.29 bits per heavy atom. The molecule has 0 unspecified atom stereocenters. The standard InChI is InChI=1S/C15H16N4O2/c1-20-14-7-13-11(8-17-10-18-13)6-15(14)21-12-2-4-19(9-16)5-3-12/h6-8,10,12H,2-5H2,1H3. The summed E-state index contributed by atoms with van der Waals surface area (Å²) in [5.41, 5.74) is 0.827. The van der Waals surface area contributed by atoms with Gasteiger partial charge in [-0.25, -0.2) is 9.97 Å². The van der Waals surface area contributed by atoms with Crippen LogP contribution in [0.3, 0.4) is 0 Å². The fourth-order valence-corrected chi connectivity index (χ4v) is 2.49. The lowest BCUT2D eigenvalue weighted by Gasteiger charge is -2.29. The molecule has 1 aliphatic rings. The molecule has 6 nitrogen and oxygen atoms in total. The molecule has 2 heterocycles. The summed E-state index contributed by atoms with van der Waals surface area (Å²) in [4.78, 5) is 9.99. The number of hydrogen-bond acceptors (Lipinski definition) is 6. The van der Waals surface area contributed by atoms with Crippen molar-refractivity contribution < 1.29 is 9.47 Å². The maximum atomic E-state index is 8.87. The molecule has 1 saturated heterocycles. The maximum Gasteiger partial charge on any atom is 0.179 e. The van der Waals surface area contributed by atoms with Crippen molar-refractivity contribution in [1.29, 1.82) is 5.26 Å². The van der Waals surface area contributed by atoms with E-state index >= 15 is 0 Å². The second-order valence-electron chi connectivity index (χ2n) is 4.99. The molecule has 0 atom stereocenters. The fraction of sp³-hybridized carbons (Fsp3) is 0.400. The van der Waals surface area contributed by atoms with Gasteiger partial charge in [0.05, 0.1) is 12.6 Å². The van der Waals surface area contributed by atoms with Gasteiger partial charge in [-0.2, -0.15) is 5.26 Å². The Balaban J connectivity index is 1.81. The average Bonchev–Trinajstić information content (AvgIpc) is 2.55. The smallest absolute Gasteiger partial charge is 0.179 e. The second kappa shape index (κ2) is 5.83. The van der Waals surface area contributed by atoms with Crippen molar-refractivity contribution >= 4 is 10.9 Å². The monoisotopic (exact) mass is 284 g/mol. The normalized spacial score (nSPS) is 15.7. The molecule has 0 amide bonds. The number of hydrogen-bond donors (Lipinski definition) is 0. The molecule has 1 fully saturated rings. The van der Waals surface area contributed by atoms with Crippen LogP contribution in [-0.2, 0) is 0 Å². The van der Waals surface area contributed by atoms with Crippen LogP contribution in [0.5, 0.6) is 11.5 Å². The number of methoxy groups -OCH3 is 1. The Hall–Kier alpha value is -2.55. The van der Waals surface area contributed by atoms with E-state index in [1.54, 1.807) is 18.2 Å². The Morgan fingerprint density at radius 3 is 2.81 bits per heavy atom. The van der Waals surface area contributed by atoms with Crippen LogP contribution in [0.4, 0.5) is 0 Å². The Morgan fingerprint density at radius 2 is 2.10 bits per heavy atom. The molecule has 0 radical (unpaired) electrons. The van der Waals surface area contributed by atoms with Crippen LogP contribution in [0.2, 0.25) is 0 Å². The van der Waals surface area contributed by atoms with Crippen LogP contribution in [0, 0.1) is 11.5 Å². The number of ether oxygens (including phenoxy) is 2. The van der Waals surface area contributed by atoms with Crippen LogP contribution < -0.4 is 9.47 Å². The molecule has 21 heavy (non-hydrogen) atoms. The van der Waals surface area contributed by atoms with Gasteiger partial charge in [0, 0.05) is 43.6 Å². The highest BCUT2D eigenvalue weighted by atomic mass is 16.5. The molecule has 0 bridgehead atoms. The van der Waals surface area contributed by atoms with Crippen LogP contribution in [-0.4, -0.2) is 41.2 Å². The van der Waals surface area contributed by atoms with Gasteiger partial charge in [0.15, 0.2) is 17.7 Å². The van der Waals surface area contributed by atoms with Crippen molar-refractivity contribution in [2.75, 3.05) is 20.2 Å². The molecule has 1 aromatic heterocycles. The first kappa shape index (κ1) is 13.4. The summed E-state index contributed by atoms with van der Waals surface area (Å²) in [6, 6.07) is 3.77. The van der Waals surface area contributed by atoms with Crippen molar-refractivity contribution in [1.82, 2.24) is 14.9 Å². The van der Waals surface area contributed by atoms with E-state index in [9.17, 15) is 0 Å². The minimum atomic E-state index is 0.102. The third-order valence-electron chi connectivity index (χ3n) is 3.67. The van der Waals surface area contributed by atoms with Crippen LogP contribution >= 0.6 is 0 Å². The fourth-order valence-electron chi connectivity index (χ4n) is 2.49. The van der Waals surface area contributed by atoms with Gasteiger partial charge in [-0.15, -0.1) is 0 Å². The van der Waals surface area contributed by atoms with Gasteiger partial charge >= 0.3 is 0 Å². The van der Waals surface area contributed by atoms with Gasteiger partial charge in [0.25, 0.3) is 0 Å². The second-order valence-corrected chi connectivity index (χ2v) is 4.99. The summed E-state index contributed by atoms with van der Waals surface area (Å²) >= 11 is 0. The highest BCUT2D eigenvalue weighted by Gasteiger charge is 2.21. The third kappa shape index (κ3) is 2.82. The first-order chi connectivity index (χ1) is 10.3. The Bertz CT molecular complexity index is 675. The van der Waals surface area contributed by atoms with Gasteiger partial charge in [-0.05, 0) is 6.07 Å². The van der Waals surface area contributed by atoms with Crippen LogP contribution in [0.25, 0.3) is 10.9 Å². The molecule has 0 spiro atoms. The lowest BCUT2D eigenvalue weighted by Crippen LogP contribution is -2.35. The zero-order valence-corrected chi connectivity index (χ0v) is 11.8. The zero-order valence-electron chi connectivity index (χ0n) is 11.8. The lowest BCUT2D eigenvalue weighted by atomic mass is 10.1. The SMILES string of the molecule is COc1cc2ncncc2cc1OC1CCN(C#N)CC1. The quantitative estimate of drug-likeness (QED) is 0.802. The summed E-state index contributed by atoms with van der Waals surface area (Å²) in [6.45, 7) is 1.47. The molecule has 1 aromatic carbocycles. The van der Waals surface area contributed by atoms with Gasteiger partial charge < -0.3 is 14.4 Å². The van der Waals surface area contributed by atoms with Gasteiger partial charge in [-0.3, -0.25) is 0 Å². The van der Waals surface area contributed by atoms with E-state index in [4.69, 9.17) is 14.7 Å². The number of fused-ring (bicyclic) bond motifs is 1. The molecular weight excluding hydrogens is 268 g/mol. The van der Waals surface area contributed by atoms with Crippen LogP contribution in [0.1, 0.15) is 12.8 Å².